The second-order valence-electron chi connectivity index (χ2n) is 3.89. The molecule has 1 aliphatic heterocycles. The lowest BCUT2D eigenvalue weighted by Crippen LogP contribution is -2.50. The van der Waals surface area contributed by atoms with E-state index >= 15 is 0 Å². The molecule has 1 fully saturated rings. The Kier molecular flexibility index (Phi) is 3.86. The first-order chi connectivity index (χ1) is 6.52. The molecule has 5 heteroatoms. The van der Waals surface area contributed by atoms with Crippen LogP contribution in [0.5, 0.6) is 0 Å². The number of primary amides is 1. The lowest BCUT2D eigenvalue weighted by atomic mass is 9.99. The highest BCUT2D eigenvalue weighted by atomic mass is 16.5. The number of ether oxygens (including phenoxy) is 2. The fourth-order valence-corrected chi connectivity index (χ4v) is 1.21. The summed E-state index contributed by atoms with van der Waals surface area (Å²) in [7, 11) is 0. The third-order valence-electron chi connectivity index (χ3n) is 2.43. The maximum Gasteiger partial charge on any atom is 0.237 e. The molecule has 0 bridgehead atoms. The van der Waals surface area contributed by atoms with Crippen LogP contribution in [0.4, 0.5) is 0 Å². The second-order valence-corrected chi connectivity index (χ2v) is 3.89. The van der Waals surface area contributed by atoms with Gasteiger partial charge >= 0.3 is 0 Å². The summed E-state index contributed by atoms with van der Waals surface area (Å²) in [5.41, 5.74) is 9.81. The summed E-state index contributed by atoms with van der Waals surface area (Å²) < 4.78 is 10.6. The molecule has 1 amide bonds. The molecule has 0 aromatic rings. The Labute approximate surface area is 83.7 Å². The van der Waals surface area contributed by atoms with E-state index in [2.05, 4.69) is 0 Å². The fraction of sp³-hybridized carbons (Fsp3) is 0.889. The largest absolute Gasteiger partial charge is 0.379 e. The molecule has 5 nitrogen and oxygen atoms in total. The fourth-order valence-electron chi connectivity index (χ4n) is 1.21. The first-order valence-electron chi connectivity index (χ1n) is 4.80. The van der Waals surface area contributed by atoms with Crippen molar-refractivity contribution >= 4 is 5.91 Å². The average molecular weight is 202 g/mol. The second kappa shape index (κ2) is 4.72. The highest BCUT2D eigenvalue weighted by Crippen LogP contribution is 2.11. The molecular weight excluding hydrogens is 184 g/mol. The van der Waals surface area contributed by atoms with E-state index in [1.165, 1.54) is 0 Å². The van der Waals surface area contributed by atoms with E-state index in [1.54, 1.807) is 6.92 Å². The van der Waals surface area contributed by atoms with E-state index < -0.39 is 11.4 Å². The molecule has 0 aromatic carbocycles. The van der Waals surface area contributed by atoms with Crippen LogP contribution in [0, 0.1) is 0 Å². The van der Waals surface area contributed by atoms with E-state index in [4.69, 9.17) is 20.9 Å². The van der Waals surface area contributed by atoms with E-state index in [0.717, 1.165) is 13.0 Å². The Balaban J connectivity index is 2.16. The summed E-state index contributed by atoms with van der Waals surface area (Å²) in [6, 6.07) is 0. The highest BCUT2D eigenvalue weighted by molar-refractivity contribution is 5.83. The molecule has 2 atom stereocenters. The molecule has 0 aromatic heterocycles. The van der Waals surface area contributed by atoms with Gasteiger partial charge in [-0.05, 0) is 19.8 Å². The van der Waals surface area contributed by atoms with Gasteiger partial charge in [0.1, 0.15) is 0 Å². The van der Waals surface area contributed by atoms with Crippen LogP contribution in [0.1, 0.15) is 19.8 Å². The van der Waals surface area contributed by atoms with Crippen molar-refractivity contribution in [2.24, 2.45) is 11.5 Å². The molecule has 1 heterocycles. The van der Waals surface area contributed by atoms with Crippen LogP contribution < -0.4 is 11.5 Å². The average Bonchev–Trinajstić information content (AvgIpc) is 2.56. The Morgan fingerprint density at radius 2 is 2.43 bits per heavy atom. The van der Waals surface area contributed by atoms with Gasteiger partial charge in [-0.3, -0.25) is 4.79 Å². The summed E-state index contributed by atoms with van der Waals surface area (Å²) in [5.74, 6) is -0.497. The minimum absolute atomic E-state index is 0.152. The van der Waals surface area contributed by atoms with Crippen molar-refractivity contribution in [3.63, 3.8) is 0 Å². The molecule has 82 valence electrons. The van der Waals surface area contributed by atoms with Gasteiger partial charge in [0.15, 0.2) is 0 Å². The maximum atomic E-state index is 10.9. The van der Waals surface area contributed by atoms with E-state index in [9.17, 15) is 4.79 Å². The maximum absolute atomic E-state index is 10.9. The van der Waals surface area contributed by atoms with Gasteiger partial charge in [0.2, 0.25) is 5.91 Å². The molecule has 1 saturated heterocycles. The Bertz CT molecular complexity index is 200. The van der Waals surface area contributed by atoms with Gasteiger partial charge in [0.05, 0.1) is 18.2 Å². The van der Waals surface area contributed by atoms with Crippen molar-refractivity contribution in [2.45, 2.75) is 31.4 Å². The Morgan fingerprint density at radius 1 is 1.71 bits per heavy atom. The molecule has 0 spiro atoms. The third-order valence-corrected chi connectivity index (χ3v) is 2.43. The zero-order chi connectivity index (χ0) is 10.6. The van der Waals surface area contributed by atoms with Gasteiger partial charge < -0.3 is 20.9 Å². The highest BCUT2D eigenvalue weighted by Gasteiger charge is 2.26. The monoisotopic (exact) mass is 202 g/mol. The van der Waals surface area contributed by atoms with Crippen LogP contribution >= 0.6 is 0 Å². The van der Waals surface area contributed by atoms with Crippen LogP contribution in [-0.2, 0) is 14.3 Å². The predicted molar refractivity (Wildman–Crippen MR) is 51.6 cm³/mol. The number of nitrogens with two attached hydrogens (primary N) is 2. The van der Waals surface area contributed by atoms with Crippen molar-refractivity contribution in [3.8, 4) is 0 Å². The third kappa shape index (κ3) is 3.25. The number of carbonyl (C=O) groups is 1. The van der Waals surface area contributed by atoms with Gasteiger partial charge in [-0.1, -0.05) is 0 Å². The van der Waals surface area contributed by atoms with Crippen molar-refractivity contribution in [1.29, 1.82) is 0 Å². The van der Waals surface area contributed by atoms with Crippen LogP contribution in [-0.4, -0.2) is 37.4 Å². The van der Waals surface area contributed by atoms with Crippen LogP contribution in [0.2, 0.25) is 0 Å². The smallest absolute Gasteiger partial charge is 0.237 e. The summed E-state index contributed by atoms with van der Waals surface area (Å²) >= 11 is 0. The molecule has 1 rings (SSSR count). The normalized spacial score (nSPS) is 26.0. The summed E-state index contributed by atoms with van der Waals surface area (Å²) in [6.45, 7) is 3.45. The minimum atomic E-state index is -0.973. The number of amides is 1. The molecule has 2 unspecified atom stereocenters. The summed E-state index contributed by atoms with van der Waals surface area (Å²) in [4.78, 5) is 10.9. The van der Waals surface area contributed by atoms with Crippen molar-refractivity contribution in [2.75, 3.05) is 19.8 Å². The number of rotatable bonds is 5. The molecule has 1 aliphatic rings. The van der Waals surface area contributed by atoms with E-state index in [-0.39, 0.29) is 6.10 Å². The number of hydrogen-bond donors (Lipinski definition) is 2. The summed E-state index contributed by atoms with van der Waals surface area (Å²) in [6.07, 6.45) is 1.51. The zero-order valence-corrected chi connectivity index (χ0v) is 8.49. The first kappa shape index (κ1) is 11.4. The van der Waals surface area contributed by atoms with Crippen molar-refractivity contribution in [1.82, 2.24) is 0 Å². The Morgan fingerprint density at radius 3 is 2.93 bits per heavy atom. The molecule has 14 heavy (non-hydrogen) atoms. The van der Waals surface area contributed by atoms with Gasteiger partial charge in [-0.25, -0.2) is 0 Å². The quantitative estimate of drug-likeness (QED) is 0.622. The van der Waals surface area contributed by atoms with E-state index in [0.29, 0.717) is 19.6 Å². The molecule has 4 N–H and O–H groups in total. The number of carbonyl (C=O) groups excluding carboxylic acids is 1. The van der Waals surface area contributed by atoms with Gasteiger partial charge in [-0.15, -0.1) is 0 Å². The molecule has 0 saturated carbocycles. The SMILES string of the molecule is CC(N)(CCOC1CCOC1)C(N)=O. The first-order valence-corrected chi connectivity index (χ1v) is 4.80. The lowest BCUT2D eigenvalue weighted by molar-refractivity contribution is -0.123. The topological polar surface area (TPSA) is 87.6 Å². The van der Waals surface area contributed by atoms with Gasteiger partial charge in [0, 0.05) is 13.2 Å². The van der Waals surface area contributed by atoms with Crippen molar-refractivity contribution in [3.05, 3.63) is 0 Å². The Hall–Kier alpha value is -0.650. The van der Waals surface area contributed by atoms with E-state index in [1.807, 2.05) is 0 Å². The number of hydrogen-bond acceptors (Lipinski definition) is 4. The van der Waals surface area contributed by atoms with Crippen LogP contribution in [0.3, 0.4) is 0 Å². The zero-order valence-electron chi connectivity index (χ0n) is 8.49. The van der Waals surface area contributed by atoms with Crippen LogP contribution in [0.15, 0.2) is 0 Å². The van der Waals surface area contributed by atoms with Crippen LogP contribution in [0.25, 0.3) is 0 Å². The van der Waals surface area contributed by atoms with Gasteiger partial charge in [0.25, 0.3) is 0 Å². The predicted octanol–water partition coefficient (Wildman–Crippen LogP) is -0.615. The van der Waals surface area contributed by atoms with Crippen molar-refractivity contribution < 1.29 is 14.3 Å². The standard InChI is InChI=1S/C9H18N2O3/c1-9(11,8(10)12)3-5-14-7-2-4-13-6-7/h7H,2-6,11H2,1H3,(H2,10,12). The molecular formula is C9H18N2O3. The molecule has 0 aliphatic carbocycles. The minimum Gasteiger partial charge on any atom is -0.379 e. The summed E-state index contributed by atoms with van der Waals surface area (Å²) in [5, 5.41) is 0. The lowest BCUT2D eigenvalue weighted by Gasteiger charge is -2.21. The van der Waals surface area contributed by atoms with Gasteiger partial charge in [-0.2, -0.15) is 0 Å². The molecule has 0 radical (unpaired) electrons.